The van der Waals surface area contributed by atoms with Crippen molar-refractivity contribution >= 4 is 50.9 Å². The van der Waals surface area contributed by atoms with Gasteiger partial charge in [0, 0.05) is 26.3 Å². The SMILES string of the molecule is CSCCC(NS(=O)(=O)c1ccc(Cl)c(Cl)c1)C(=O)N1CCC(c2cnn(C)c2)CC1. The van der Waals surface area contributed by atoms with Crippen LogP contribution in [0, 0.1) is 0 Å². The number of halogens is 2. The number of aromatic nitrogens is 2. The Labute approximate surface area is 197 Å². The minimum absolute atomic E-state index is 0.0147. The highest BCUT2D eigenvalue weighted by molar-refractivity contribution is 7.98. The lowest BCUT2D eigenvalue weighted by Gasteiger charge is -2.34. The zero-order valence-corrected chi connectivity index (χ0v) is 20.6. The number of hydrogen-bond acceptors (Lipinski definition) is 5. The van der Waals surface area contributed by atoms with E-state index in [4.69, 9.17) is 23.2 Å². The van der Waals surface area contributed by atoms with Gasteiger partial charge in [-0.1, -0.05) is 23.2 Å². The third-order valence-corrected chi connectivity index (χ3v) is 8.26. The maximum atomic E-state index is 13.2. The van der Waals surface area contributed by atoms with Crippen molar-refractivity contribution in [1.29, 1.82) is 0 Å². The maximum absolute atomic E-state index is 13.2. The van der Waals surface area contributed by atoms with Gasteiger partial charge in [0.1, 0.15) is 6.04 Å². The molecular weight excluding hydrogens is 479 g/mol. The Bertz CT molecular complexity index is 1020. The van der Waals surface area contributed by atoms with Gasteiger partial charge in [-0.25, -0.2) is 8.42 Å². The molecule has 1 aromatic carbocycles. The highest BCUT2D eigenvalue weighted by Crippen LogP contribution is 2.28. The molecule has 3 rings (SSSR count). The molecule has 1 atom stereocenters. The van der Waals surface area contributed by atoms with Gasteiger partial charge in [-0.15, -0.1) is 0 Å². The average Bonchev–Trinajstić information content (AvgIpc) is 3.19. The van der Waals surface area contributed by atoms with Gasteiger partial charge in [0.05, 0.1) is 21.1 Å². The van der Waals surface area contributed by atoms with Crippen molar-refractivity contribution in [3.8, 4) is 0 Å². The highest BCUT2D eigenvalue weighted by atomic mass is 35.5. The molecule has 2 heterocycles. The van der Waals surface area contributed by atoms with Gasteiger partial charge < -0.3 is 4.90 Å². The van der Waals surface area contributed by atoms with Gasteiger partial charge in [0.2, 0.25) is 15.9 Å². The molecule has 1 amide bonds. The lowest BCUT2D eigenvalue weighted by molar-refractivity contribution is -0.134. The number of carbonyl (C=O) groups excluding carboxylic acids is 1. The highest BCUT2D eigenvalue weighted by Gasteiger charge is 2.32. The van der Waals surface area contributed by atoms with E-state index in [9.17, 15) is 13.2 Å². The fraction of sp³-hybridized carbons (Fsp3) is 0.500. The van der Waals surface area contributed by atoms with Gasteiger partial charge in [0.15, 0.2) is 0 Å². The summed E-state index contributed by atoms with van der Waals surface area (Å²) in [5, 5.41) is 4.65. The zero-order valence-electron chi connectivity index (χ0n) is 17.4. The smallest absolute Gasteiger partial charge is 0.241 e. The lowest BCUT2D eigenvalue weighted by atomic mass is 9.91. The molecule has 0 bridgehead atoms. The second kappa shape index (κ2) is 10.6. The van der Waals surface area contributed by atoms with Crippen LogP contribution >= 0.6 is 35.0 Å². The van der Waals surface area contributed by atoms with Gasteiger partial charge in [-0.05, 0) is 61.0 Å². The van der Waals surface area contributed by atoms with Crippen LogP contribution in [0.1, 0.15) is 30.7 Å². The third-order valence-electron chi connectivity index (χ3n) is 5.41. The normalized spacial score (nSPS) is 16.5. The molecule has 1 N–H and O–H groups in total. The molecule has 0 aliphatic carbocycles. The number of hydrogen-bond donors (Lipinski definition) is 1. The van der Waals surface area contributed by atoms with Crippen LogP contribution in [0.4, 0.5) is 0 Å². The lowest BCUT2D eigenvalue weighted by Crippen LogP contribution is -2.50. The number of rotatable bonds is 8. The first-order valence-corrected chi connectivity index (χ1v) is 13.6. The van der Waals surface area contributed by atoms with Gasteiger partial charge in [0.25, 0.3) is 0 Å². The van der Waals surface area contributed by atoms with Crippen molar-refractivity contribution in [3.05, 3.63) is 46.2 Å². The second-order valence-electron chi connectivity index (χ2n) is 7.58. The van der Waals surface area contributed by atoms with Crippen LogP contribution in [0.25, 0.3) is 0 Å². The minimum Gasteiger partial charge on any atom is -0.341 e. The molecule has 11 heteroatoms. The molecule has 0 spiro atoms. The van der Waals surface area contributed by atoms with Crippen LogP contribution in [-0.2, 0) is 21.9 Å². The number of aryl methyl sites for hydroxylation is 1. The van der Waals surface area contributed by atoms with Crippen molar-refractivity contribution in [3.63, 3.8) is 0 Å². The predicted molar refractivity (Wildman–Crippen MR) is 125 cm³/mol. The summed E-state index contributed by atoms with van der Waals surface area (Å²) in [7, 11) is -2.04. The van der Waals surface area contributed by atoms with Crippen LogP contribution in [-0.4, -0.2) is 60.1 Å². The molecular formula is C20H26Cl2N4O3S2. The quantitative estimate of drug-likeness (QED) is 0.594. The summed E-state index contributed by atoms with van der Waals surface area (Å²) in [5.74, 6) is 0.824. The number of thioether (sulfide) groups is 1. The molecule has 1 saturated heterocycles. The standard InChI is InChI=1S/C20H26Cl2N4O3S2/c1-25-13-15(12-23-25)14-5-8-26(9-6-14)20(27)19(7-10-30-2)24-31(28,29)16-3-4-17(21)18(22)11-16/h3-4,11-14,19,24H,5-10H2,1-2H3. The number of sulfonamides is 1. The molecule has 0 radical (unpaired) electrons. The van der Waals surface area contributed by atoms with Gasteiger partial charge >= 0.3 is 0 Å². The molecule has 1 unspecified atom stereocenters. The van der Waals surface area contributed by atoms with Crippen LogP contribution in [0.5, 0.6) is 0 Å². The summed E-state index contributed by atoms with van der Waals surface area (Å²) in [5.41, 5.74) is 1.17. The zero-order chi connectivity index (χ0) is 22.6. The number of piperidine rings is 1. The molecule has 0 saturated carbocycles. The third kappa shape index (κ3) is 6.16. The van der Waals surface area contributed by atoms with E-state index in [1.165, 1.54) is 23.8 Å². The number of nitrogens with zero attached hydrogens (tertiary/aromatic N) is 3. The fourth-order valence-corrected chi connectivity index (χ4v) is 5.76. The summed E-state index contributed by atoms with van der Waals surface area (Å²) in [6, 6.07) is 3.27. The van der Waals surface area contributed by atoms with Crippen molar-refractivity contribution in [2.75, 3.05) is 25.1 Å². The summed E-state index contributed by atoms with van der Waals surface area (Å²) < 4.78 is 30.2. The Morgan fingerprint density at radius 1 is 1.29 bits per heavy atom. The van der Waals surface area contributed by atoms with E-state index in [1.54, 1.807) is 21.3 Å². The topological polar surface area (TPSA) is 84.3 Å². The van der Waals surface area contributed by atoms with Gasteiger partial charge in [-0.2, -0.15) is 21.6 Å². The van der Waals surface area contributed by atoms with E-state index in [2.05, 4.69) is 9.82 Å². The summed E-state index contributed by atoms with van der Waals surface area (Å²) >= 11 is 13.4. The predicted octanol–water partition coefficient (Wildman–Crippen LogP) is 3.53. The second-order valence-corrected chi connectivity index (χ2v) is 11.1. The number of amides is 1. The van der Waals surface area contributed by atoms with Crippen LogP contribution in [0.3, 0.4) is 0 Å². The van der Waals surface area contributed by atoms with Crippen molar-refractivity contribution in [2.24, 2.45) is 7.05 Å². The first-order chi connectivity index (χ1) is 14.7. The summed E-state index contributed by atoms with van der Waals surface area (Å²) in [4.78, 5) is 15.0. The van der Waals surface area contributed by atoms with Crippen LogP contribution in [0.15, 0.2) is 35.5 Å². The Hall–Kier alpha value is -1.26. The van der Waals surface area contributed by atoms with E-state index >= 15 is 0 Å². The largest absolute Gasteiger partial charge is 0.341 e. The first kappa shape index (κ1) is 24.4. The van der Waals surface area contributed by atoms with Crippen molar-refractivity contribution < 1.29 is 13.2 Å². The number of carbonyl (C=O) groups is 1. The molecule has 1 aliphatic rings. The molecule has 1 aliphatic heterocycles. The average molecular weight is 505 g/mol. The Kier molecular flexibility index (Phi) is 8.31. The summed E-state index contributed by atoms with van der Waals surface area (Å²) in [6.07, 6.45) is 7.86. The minimum atomic E-state index is -3.92. The van der Waals surface area contributed by atoms with E-state index in [1.807, 2.05) is 25.7 Å². The van der Waals surface area contributed by atoms with E-state index in [0.717, 1.165) is 12.8 Å². The monoisotopic (exact) mass is 504 g/mol. The number of benzene rings is 1. The molecule has 31 heavy (non-hydrogen) atoms. The van der Waals surface area contributed by atoms with Crippen LogP contribution in [0.2, 0.25) is 10.0 Å². The molecule has 7 nitrogen and oxygen atoms in total. The number of nitrogens with one attached hydrogen (secondary N) is 1. The van der Waals surface area contributed by atoms with Gasteiger partial charge in [-0.3, -0.25) is 9.48 Å². The Morgan fingerprint density at radius 3 is 2.58 bits per heavy atom. The number of likely N-dealkylation sites (tertiary alicyclic amines) is 1. The molecule has 1 aromatic heterocycles. The summed E-state index contributed by atoms with van der Waals surface area (Å²) in [6.45, 7) is 1.17. The van der Waals surface area contributed by atoms with E-state index in [-0.39, 0.29) is 20.8 Å². The molecule has 2 aromatic rings. The maximum Gasteiger partial charge on any atom is 0.241 e. The molecule has 1 fully saturated rings. The van der Waals surface area contributed by atoms with Crippen LogP contribution < -0.4 is 4.72 Å². The van der Waals surface area contributed by atoms with E-state index < -0.39 is 16.1 Å². The van der Waals surface area contributed by atoms with Crippen molar-refractivity contribution in [2.45, 2.75) is 36.1 Å². The Morgan fingerprint density at radius 2 is 2.00 bits per heavy atom. The van der Waals surface area contributed by atoms with Crippen molar-refractivity contribution in [1.82, 2.24) is 19.4 Å². The molecule has 170 valence electrons. The Balaban J connectivity index is 1.69. The fourth-order valence-electron chi connectivity index (χ4n) is 3.67. The first-order valence-electron chi connectivity index (χ1n) is 9.95. The van der Waals surface area contributed by atoms with E-state index in [0.29, 0.717) is 31.2 Å².